The Morgan fingerprint density at radius 1 is 1.14 bits per heavy atom. The zero-order valence-electron chi connectivity index (χ0n) is 18.9. The Kier molecular flexibility index (Phi) is 5.33. The first-order valence-corrected chi connectivity index (χ1v) is 12.6. The van der Waals surface area contributed by atoms with Crippen LogP contribution in [0.25, 0.3) is 10.2 Å². The third-order valence-electron chi connectivity index (χ3n) is 7.94. The maximum Gasteiger partial charge on any atom is 0.419 e. The number of rotatable bonds is 3. The minimum Gasteiger partial charge on any atom is -0.369 e. The molecule has 4 aliphatic heterocycles. The molecular formula is C23H23F7N4OS. The van der Waals surface area contributed by atoms with E-state index in [1.807, 2.05) is 0 Å². The summed E-state index contributed by atoms with van der Waals surface area (Å²) in [7, 11) is 0. The lowest BCUT2D eigenvalue weighted by Crippen LogP contribution is -2.75. The molecule has 1 saturated carbocycles. The fourth-order valence-electron chi connectivity index (χ4n) is 6.37. The molecule has 2 bridgehead atoms. The number of carbonyl (C=O) groups excluding carboxylic acids is 1. The van der Waals surface area contributed by atoms with Gasteiger partial charge in [0.25, 0.3) is 0 Å². The van der Waals surface area contributed by atoms with Crippen LogP contribution in [0.15, 0.2) is 12.3 Å². The van der Waals surface area contributed by atoms with Crippen LogP contribution in [0.5, 0.6) is 0 Å². The molecule has 1 N–H and O–H groups in total. The molecule has 1 aliphatic carbocycles. The van der Waals surface area contributed by atoms with Crippen LogP contribution in [0.3, 0.4) is 0 Å². The average Bonchev–Trinajstić information content (AvgIpc) is 3.11. The third-order valence-corrected chi connectivity index (χ3v) is 8.98. The molecule has 0 aromatic carbocycles. The van der Waals surface area contributed by atoms with E-state index in [-0.39, 0.29) is 57.2 Å². The van der Waals surface area contributed by atoms with E-state index in [1.54, 1.807) is 4.90 Å². The van der Waals surface area contributed by atoms with E-state index in [2.05, 4.69) is 10.3 Å². The molecule has 1 amide bonds. The first kappa shape index (κ1) is 24.2. The van der Waals surface area contributed by atoms with E-state index in [0.717, 1.165) is 23.8 Å². The van der Waals surface area contributed by atoms with Crippen molar-refractivity contribution in [2.75, 3.05) is 31.1 Å². The van der Waals surface area contributed by atoms with E-state index in [1.165, 1.54) is 4.90 Å². The number of amides is 1. The van der Waals surface area contributed by atoms with Crippen molar-refractivity contribution < 1.29 is 35.5 Å². The molecular weight excluding hydrogens is 513 g/mol. The number of piperidine rings is 2. The van der Waals surface area contributed by atoms with Gasteiger partial charge in [-0.15, -0.1) is 11.3 Å². The Bertz CT molecular complexity index is 1200. The molecule has 1 spiro atoms. The molecule has 4 saturated heterocycles. The van der Waals surface area contributed by atoms with Crippen LogP contribution in [-0.4, -0.2) is 66.4 Å². The standard InChI is InChI=1S/C23H23F7N4OS/c24-15-3-11-1-2-16(15)32-17(11)20(35)34-9-21(10-34)7-33(8-21)18-13-4-12(5-22(25,26)27)36-19(13)31-6-14(18)23(28,29)30/h4,6,11,15-17,32H,1-3,5,7-10H2/t11-,15-,16+,17+/m1/s1. The van der Waals surface area contributed by atoms with Crippen LogP contribution >= 0.6 is 11.3 Å². The summed E-state index contributed by atoms with van der Waals surface area (Å²) in [5.74, 6) is -0.131. The fourth-order valence-corrected chi connectivity index (χ4v) is 7.40. The zero-order valence-corrected chi connectivity index (χ0v) is 19.7. The number of thiophene rings is 1. The van der Waals surface area contributed by atoms with Crippen molar-refractivity contribution in [1.29, 1.82) is 0 Å². The minimum absolute atomic E-state index is 0.0455. The Hall–Kier alpha value is -2.15. The van der Waals surface area contributed by atoms with Crippen LogP contribution in [-0.2, 0) is 17.4 Å². The van der Waals surface area contributed by atoms with Gasteiger partial charge in [-0.2, -0.15) is 26.3 Å². The van der Waals surface area contributed by atoms with E-state index in [0.29, 0.717) is 32.1 Å². The van der Waals surface area contributed by atoms with Gasteiger partial charge in [-0.05, 0) is 31.2 Å². The number of nitrogens with zero attached hydrogens (tertiary/aromatic N) is 3. The maximum absolute atomic E-state index is 14.0. The zero-order chi connectivity index (χ0) is 25.6. The van der Waals surface area contributed by atoms with Crippen LogP contribution in [0.2, 0.25) is 0 Å². The Morgan fingerprint density at radius 2 is 1.86 bits per heavy atom. The molecule has 5 aliphatic rings. The van der Waals surface area contributed by atoms with Crippen molar-refractivity contribution in [3.8, 4) is 0 Å². The number of anilines is 1. The van der Waals surface area contributed by atoms with Gasteiger partial charge in [0.2, 0.25) is 5.91 Å². The summed E-state index contributed by atoms with van der Waals surface area (Å²) >= 11 is 0.744. The summed E-state index contributed by atoms with van der Waals surface area (Å²) in [6.45, 7) is 1.32. The van der Waals surface area contributed by atoms with Gasteiger partial charge in [0, 0.05) is 54.1 Å². The van der Waals surface area contributed by atoms with Crippen molar-refractivity contribution in [1.82, 2.24) is 15.2 Å². The second kappa shape index (κ2) is 7.92. The van der Waals surface area contributed by atoms with E-state index < -0.39 is 36.6 Å². The normalized spacial score (nSPS) is 29.5. The summed E-state index contributed by atoms with van der Waals surface area (Å²) in [5, 5.41) is 3.19. The molecule has 2 aromatic rings. The van der Waals surface area contributed by atoms with Gasteiger partial charge in [-0.3, -0.25) is 10.1 Å². The molecule has 196 valence electrons. The van der Waals surface area contributed by atoms with Gasteiger partial charge in [0.15, 0.2) is 0 Å². The lowest BCUT2D eigenvalue weighted by Gasteiger charge is -2.62. The van der Waals surface area contributed by atoms with Crippen LogP contribution < -0.4 is 10.2 Å². The highest BCUT2D eigenvalue weighted by Crippen LogP contribution is 2.49. The lowest BCUT2D eigenvalue weighted by molar-refractivity contribution is -0.152. The number of carbonyl (C=O) groups is 1. The second-order valence-corrected chi connectivity index (χ2v) is 11.7. The highest BCUT2D eigenvalue weighted by molar-refractivity contribution is 7.18. The molecule has 5 fully saturated rings. The number of fused-ring (bicyclic) bond motifs is 4. The second-order valence-electron chi connectivity index (χ2n) is 10.6. The fraction of sp³-hybridized carbons (Fsp3) is 0.652. The summed E-state index contributed by atoms with van der Waals surface area (Å²) in [5.41, 5.74) is -1.47. The monoisotopic (exact) mass is 536 g/mol. The largest absolute Gasteiger partial charge is 0.419 e. The molecule has 4 atom stereocenters. The SMILES string of the molecule is O=C([C@H]1N[C@H]2CC[C@@H]1C[C@H]2F)N1CC2(C1)CN(c1c(C(F)(F)F)cnc3sc(CC(F)(F)F)cc13)C2. The summed E-state index contributed by atoms with van der Waals surface area (Å²) in [6.07, 6.45) is -8.78. The predicted octanol–water partition coefficient (Wildman–Crippen LogP) is 4.55. The predicted molar refractivity (Wildman–Crippen MR) is 119 cm³/mol. The minimum atomic E-state index is -4.72. The summed E-state index contributed by atoms with van der Waals surface area (Å²) in [4.78, 5) is 20.1. The van der Waals surface area contributed by atoms with E-state index in [4.69, 9.17) is 0 Å². The number of nitrogens with one attached hydrogen (secondary N) is 1. The van der Waals surface area contributed by atoms with Gasteiger partial charge in [-0.1, -0.05) is 0 Å². The topological polar surface area (TPSA) is 48.5 Å². The Balaban J connectivity index is 1.18. The molecule has 6 heterocycles. The molecule has 0 radical (unpaired) electrons. The first-order valence-electron chi connectivity index (χ1n) is 11.8. The van der Waals surface area contributed by atoms with Crippen molar-refractivity contribution in [2.24, 2.45) is 11.3 Å². The highest BCUT2D eigenvalue weighted by atomic mass is 32.1. The van der Waals surface area contributed by atoms with Crippen molar-refractivity contribution in [3.63, 3.8) is 0 Å². The number of pyridine rings is 1. The molecule has 0 unspecified atom stereocenters. The molecule has 13 heteroatoms. The number of alkyl halides is 7. The number of likely N-dealkylation sites (tertiary alicyclic amines) is 1. The molecule has 36 heavy (non-hydrogen) atoms. The lowest BCUT2D eigenvalue weighted by atomic mass is 9.70. The summed E-state index contributed by atoms with van der Waals surface area (Å²) < 4.78 is 94.0. The van der Waals surface area contributed by atoms with Crippen molar-refractivity contribution >= 4 is 33.1 Å². The van der Waals surface area contributed by atoms with Gasteiger partial charge in [0.1, 0.15) is 11.0 Å². The van der Waals surface area contributed by atoms with Gasteiger partial charge in [0.05, 0.1) is 23.7 Å². The number of aromatic nitrogens is 1. The molecule has 7 rings (SSSR count). The quantitative estimate of drug-likeness (QED) is 0.586. The van der Waals surface area contributed by atoms with Crippen LogP contribution in [0, 0.1) is 11.3 Å². The maximum atomic E-state index is 14.0. The van der Waals surface area contributed by atoms with Gasteiger partial charge < -0.3 is 9.80 Å². The Labute approximate surface area is 205 Å². The Morgan fingerprint density at radius 3 is 2.44 bits per heavy atom. The van der Waals surface area contributed by atoms with Gasteiger partial charge >= 0.3 is 12.4 Å². The number of hydrogen-bond donors (Lipinski definition) is 1. The van der Waals surface area contributed by atoms with Gasteiger partial charge in [-0.25, -0.2) is 9.37 Å². The molecule has 2 aromatic heterocycles. The third kappa shape index (κ3) is 4.02. The highest BCUT2D eigenvalue weighted by Gasteiger charge is 2.56. The molecule has 5 nitrogen and oxygen atoms in total. The van der Waals surface area contributed by atoms with Crippen molar-refractivity contribution in [2.45, 2.75) is 56.3 Å². The van der Waals surface area contributed by atoms with Crippen molar-refractivity contribution in [3.05, 3.63) is 22.7 Å². The summed E-state index contributed by atoms with van der Waals surface area (Å²) in [6, 6.07) is 0.439. The van der Waals surface area contributed by atoms with E-state index in [9.17, 15) is 35.5 Å². The smallest absolute Gasteiger partial charge is 0.369 e. The number of hydrogen-bond acceptors (Lipinski definition) is 5. The van der Waals surface area contributed by atoms with E-state index >= 15 is 0 Å². The van der Waals surface area contributed by atoms with Crippen LogP contribution in [0.4, 0.5) is 36.4 Å². The first-order chi connectivity index (χ1) is 16.8. The average molecular weight is 537 g/mol. The van der Waals surface area contributed by atoms with Crippen LogP contribution in [0.1, 0.15) is 29.7 Å². The number of halogens is 7.